The minimum absolute atomic E-state index is 0.0445. The van der Waals surface area contributed by atoms with Crippen LogP contribution in [0.1, 0.15) is 46.3 Å². The van der Waals surface area contributed by atoms with E-state index in [1.54, 1.807) is 6.07 Å². The molecule has 0 fully saturated rings. The van der Waals surface area contributed by atoms with Gasteiger partial charge in [-0.05, 0) is 37.6 Å². The van der Waals surface area contributed by atoms with Crippen LogP contribution in [0.2, 0.25) is 0 Å². The van der Waals surface area contributed by atoms with Gasteiger partial charge < -0.3 is 14.2 Å². The van der Waals surface area contributed by atoms with Crippen molar-refractivity contribution in [2.45, 2.75) is 32.9 Å². The summed E-state index contributed by atoms with van der Waals surface area (Å²) in [6, 6.07) is 5.68. The molecule has 1 aliphatic rings. The van der Waals surface area contributed by atoms with Crippen LogP contribution in [0.25, 0.3) is 10.9 Å². The molecular weight excluding hydrogens is 320 g/mol. The number of aryl methyl sites for hydroxylation is 1. The first-order chi connectivity index (χ1) is 12.1. The third kappa shape index (κ3) is 2.70. The van der Waals surface area contributed by atoms with E-state index in [9.17, 15) is 4.79 Å². The zero-order chi connectivity index (χ0) is 17.6. The fourth-order valence-electron chi connectivity index (χ4n) is 3.45. The van der Waals surface area contributed by atoms with Gasteiger partial charge in [-0.1, -0.05) is 5.16 Å². The minimum atomic E-state index is -0.320. The Labute approximate surface area is 145 Å². The van der Waals surface area contributed by atoms with Crippen LogP contribution >= 0.6 is 0 Å². The predicted molar refractivity (Wildman–Crippen MR) is 91.2 cm³/mol. The number of carbonyl (C=O) groups excluding carboxylic acids is 1. The number of methoxy groups -OCH3 is 1. The summed E-state index contributed by atoms with van der Waals surface area (Å²) in [5.74, 6) is 0.963. The summed E-state index contributed by atoms with van der Waals surface area (Å²) >= 11 is 0. The molecule has 0 unspecified atom stereocenters. The summed E-state index contributed by atoms with van der Waals surface area (Å²) in [6.45, 7) is 5.57. The lowest BCUT2D eigenvalue weighted by Crippen LogP contribution is -2.32. The summed E-state index contributed by atoms with van der Waals surface area (Å²) < 4.78 is 10.2. The molecule has 7 nitrogen and oxygen atoms in total. The molecule has 3 heterocycles. The topological polar surface area (TPSA) is 84.3 Å². The van der Waals surface area contributed by atoms with Crippen LogP contribution in [0, 0.1) is 6.92 Å². The molecule has 1 N–H and O–H groups in total. The van der Waals surface area contributed by atoms with E-state index in [4.69, 9.17) is 9.26 Å². The Kier molecular flexibility index (Phi) is 3.80. The van der Waals surface area contributed by atoms with Gasteiger partial charge in [-0.3, -0.25) is 4.90 Å². The first-order valence-corrected chi connectivity index (χ1v) is 8.33. The van der Waals surface area contributed by atoms with Crippen molar-refractivity contribution >= 4 is 16.9 Å². The van der Waals surface area contributed by atoms with Crippen molar-refractivity contribution in [1.29, 1.82) is 0 Å². The van der Waals surface area contributed by atoms with Crippen LogP contribution in [0.15, 0.2) is 22.7 Å². The Hall–Kier alpha value is -2.67. The minimum Gasteiger partial charge on any atom is -0.465 e. The largest absolute Gasteiger partial charge is 0.465 e. The number of aromatic amines is 1. The third-order valence-electron chi connectivity index (χ3n) is 4.87. The van der Waals surface area contributed by atoms with Gasteiger partial charge >= 0.3 is 5.97 Å². The molecule has 0 amide bonds. The van der Waals surface area contributed by atoms with Gasteiger partial charge in [0.25, 0.3) is 0 Å². The number of rotatable bonds is 3. The van der Waals surface area contributed by atoms with Crippen molar-refractivity contribution in [1.82, 2.24) is 20.0 Å². The molecule has 0 saturated carbocycles. The zero-order valence-corrected chi connectivity index (χ0v) is 14.5. The average Bonchev–Trinajstić information content (AvgIpc) is 3.22. The molecule has 0 aliphatic carbocycles. The molecule has 0 radical (unpaired) electrons. The van der Waals surface area contributed by atoms with Crippen molar-refractivity contribution in [2.24, 2.45) is 0 Å². The SMILES string of the molecule is COC(=O)c1ccc2[nH]c3c(c2c1)CN([C@H](C)c1nc(C)no1)CC3. The van der Waals surface area contributed by atoms with Crippen LogP contribution < -0.4 is 0 Å². The third-order valence-corrected chi connectivity index (χ3v) is 4.87. The lowest BCUT2D eigenvalue weighted by atomic mass is 10.0. The van der Waals surface area contributed by atoms with E-state index < -0.39 is 0 Å². The van der Waals surface area contributed by atoms with E-state index >= 15 is 0 Å². The summed E-state index contributed by atoms with van der Waals surface area (Å²) in [4.78, 5) is 22.0. The molecule has 1 atom stereocenters. The molecule has 1 aromatic carbocycles. The van der Waals surface area contributed by atoms with Crippen molar-refractivity contribution in [3.05, 3.63) is 46.7 Å². The molecule has 3 aromatic rings. The molecule has 0 saturated heterocycles. The Bertz CT molecular complexity index is 943. The Balaban J connectivity index is 1.68. The number of ether oxygens (including phenoxy) is 1. The van der Waals surface area contributed by atoms with Gasteiger partial charge in [0.2, 0.25) is 5.89 Å². The first-order valence-electron chi connectivity index (χ1n) is 8.33. The van der Waals surface area contributed by atoms with Gasteiger partial charge in [0, 0.05) is 36.1 Å². The second-order valence-electron chi connectivity index (χ2n) is 6.41. The molecule has 0 spiro atoms. The van der Waals surface area contributed by atoms with E-state index in [0.29, 0.717) is 17.3 Å². The number of benzene rings is 1. The van der Waals surface area contributed by atoms with Crippen LogP contribution in [0.3, 0.4) is 0 Å². The molecular formula is C18H20N4O3. The van der Waals surface area contributed by atoms with E-state index in [1.165, 1.54) is 18.4 Å². The van der Waals surface area contributed by atoms with Crippen LogP contribution in [-0.4, -0.2) is 39.6 Å². The maximum absolute atomic E-state index is 11.8. The van der Waals surface area contributed by atoms with Crippen molar-refractivity contribution in [3.8, 4) is 0 Å². The van der Waals surface area contributed by atoms with E-state index in [2.05, 4.69) is 26.9 Å². The monoisotopic (exact) mass is 340 g/mol. The van der Waals surface area contributed by atoms with E-state index in [0.717, 1.165) is 30.4 Å². The van der Waals surface area contributed by atoms with Gasteiger partial charge in [-0.15, -0.1) is 0 Å². The second-order valence-corrected chi connectivity index (χ2v) is 6.41. The number of esters is 1. The van der Waals surface area contributed by atoms with Crippen LogP contribution in [0.5, 0.6) is 0 Å². The zero-order valence-electron chi connectivity index (χ0n) is 14.5. The molecule has 25 heavy (non-hydrogen) atoms. The normalized spacial score (nSPS) is 16.0. The summed E-state index contributed by atoms with van der Waals surface area (Å²) in [6.07, 6.45) is 0.912. The van der Waals surface area contributed by atoms with Gasteiger partial charge in [0.1, 0.15) is 0 Å². The lowest BCUT2D eigenvalue weighted by Gasteiger charge is -2.30. The van der Waals surface area contributed by atoms with Gasteiger partial charge in [-0.25, -0.2) is 4.79 Å². The fraction of sp³-hybridized carbons (Fsp3) is 0.389. The van der Waals surface area contributed by atoms with Crippen LogP contribution in [0.4, 0.5) is 0 Å². The van der Waals surface area contributed by atoms with Gasteiger partial charge in [0.05, 0.1) is 18.7 Å². The number of carbonyl (C=O) groups is 1. The number of nitrogens with one attached hydrogen (secondary N) is 1. The highest BCUT2D eigenvalue weighted by atomic mass is 16.5. The molecule has 130 valence electrons. The van der Waals surface area contributed by atoms with Crippen molar-refractivity contribution < 1.29 is 14.1 Å². The fourth-order valence-corrected chi connectivity index (χ4v) is 3.45. The second kappa shape index (κ2) is 6.00. The van der Waals surface area contributed by atoms with E-state index in [-0.39, 0.29) is 12.0 Å². The summed E-state index contributed by atoms with van der Waals surface area (Å²) in [5.41, 5.74) is 4.05. The Morgan fingerprint density at radius 2 is 2.28 bits per heavy atom. The van der Waals surface area contributed by atoms with Gasteiger partial charge in [-0.2, -0.15) is 4.98 Å². The standard InChI is InChI=1S/C18H20N4O3/c1-10(17-19-11(2)21-25-17)22-7-6-16-14(9-22)13-8-12(18(23)24-3)4-5-15(13)20-16/h4-5,8,10,20H,6-7,9H2,1-3H3/t10-/m1/s1. The first kappa shape index (κ1) is 15.8. The Morgan fingerprint density at radius 1 is 1.44 bits per heavy atom. The van der Waals surface area contributed by atoms with E-state index in [1.807, 2.05) is 19.1 Å². The number of H-pyrrole nitrogens is 1. The summed E-state index contributed by atoms with van der Waals surface area (Å²) in [5, 5.41) is 4.95. The molecule has 2 aromatic heterocycles. The molecule has 4 rings (SSSR count). The maximum atomic E-state index is 11.8. The quantitative estimate of drug-likeness (QED) is 0.738. The number of hydrogen-bond donors (Lipinski definition) is 1. The summed E-state index contributed by atoms with van der Waals surface area (Å²) in [7, 11) is 1.40. The number of fused-ring (bicyclic) bond motifs is 3. The highest BCUT2D eigenvalue weighted by molar-refractivity contribution is 5.96. The van der Waals surface area contributed by atoms with Crippen molar-refractivity contribution in [3.63, 3.8) is 0 Å². The average molecular weight is 340 g/mol. The number of aromatic nitrogens is 3. The maximum Gasteiger partial charge on any atom is 0.337 e. The lowest BCUT2D eigenvalue weighted by molar-refractivity contribution is 0.0601. The predicted octanol–water partition coefficient (Wildman–Crippen LogP) is 2.77. The smallest absolute Gasteiger partial charge is 0.337 e. The molecule has 1 aliphatic heterocycles. The van der Waals surface area contributed by atoms with Crippen molar-refractivity contribution in [2.75, 3.05) is 13.7 Å². The molecule has 0 bridgehead atoms. The number of hydrogen-bond acceptors (Lipinski definition) is 6. The highest BCUT2D eigenvalue weighted by Crippen LogP contribution is 2.32. The number of nitrogens with zero attached hydrogens (tertiary/aromatic N) is 3. The van der Waals surface area contributed by atoms with Crippen LogP contribution in [-0.2, 0) is 17.7 Å². The molecule has 7 heteroatoms. The highest BCUT2D eigenvalue weighted by Gasteiger charge is 2.27. The van der Waals surface area contributed by atoms with Gasteiger partial charge in [0.15, 0.2) is 5.82 Å². The Morgan fingerprint density at radius 3 is 3.00 bits per heavy atom.